The lowest BCUT2D eigenvalue weighted by Crippen LogP contribution is -2.40. The van der Waals surface area contributed by atoms with E-state index < -0.39 is 14.3 Å². The molecule has 0 aliphatic heterocycles. The van der Waals surface area contributed by atoms with Gasteiger partial charge in [-0.25, -0.2) is 4.79 Å². The van der Waals surface area contributed by atoms with Crippen LogP contribution in [0.25, 0.3) is 0 Å². The van der Waals surface area contributed by atoms with E-state index in [0.717, 1.165) is 22.6 Å². The molecule has 7 nitrogen and oxygen atoms in total. The molecule has 0 spiro atoms. The summed E-state index contributed by atoms with van der Waals surface area (Å²) >= 11 is 3.57. The molecule has 0 aromatic heterocycles. The van der Waals surface area contributed by atoms with E-state index in [4.69, 9.17) is 23.4 Å². The maximum absolute atomic E-state index is 12.5. The lowest BCUT2D eigenvalue weighted by Gasteiger charge is -2.36. The third-order valence-corrected chi connectivity index (χ3v) is 11.2. The highest BCUT2D eigenvalue weighted by Crippen LogP contribution is 2.38. The first-order valence-corrected chi connectivity index (χ1v) is 15.2. The summed E-state index contributed by atoms with van der Waals surface area (Å²) in [7, 11) is 2.69. The largest absolute Gasteiger partial charge is 0.497 e. The summed E-state index contributed by atoms with van der Waals surface area (Å²) in [6.45, 7) is 13.0. The van der Waals surface area contributed by atoms with Gasteiger partial charge in [0, 0.05) is 19.2 Å². The van der Waals surface area contributed by atoms with Gasteiger partial charge in [0.1, 0.15) is 29.4 Å². The van der Waals surface area contributed by atoms with Crippen molar-refractivity contribution in [1.82, 2.24) is 5.32 Å². The average Bonchev–Trinajstić information content (AvgIpc) is 2.81. The van der Waals surface area contributed by atoms with Crippen molar-refractivity contribution in [3.05, 3.63) is 51.5 Å². The van der Waals surface area contributed by atoms with E-state index >= 15 is 0 Å². The molecule has 0 saturated carbocycles. The first kappa shape index (κ1) is 29.2. The second kappa shape index (κ2) is 12.8. The Kier molecular flexibility index (Phi) is 10.6. The van der Waals surface area contributed by atoms with E-state index in [1.807, 2.05) is 24.3 Å². The number of rotatable bonds is 12. The number of benzene rings is 2. The molecule has 0 aliphatic rings. The minimum absolute atomic E-state index is 0.0987. The zero-order valence-corrected chi connectivity index (χ0v) is 24.6. The lowest BCUT2D eigenvalue weighted by atomic mass is 10.1. The summed E-state index contributed by atoms with van der Waals surface area (Å²) in [5.74, 6) is 1.48. The zero-order chi connectivity index (χ0) is 26.2. The van der Waals surface area contributed by atoms with Gasteiger partial charge >= 0.3 is 5.97 Å². The normalized spacial score (nSPS) is 11.8. The number of ether oxygens (including phenoxy) is 4. The molecule has 0 amide bonds. The molecule has 2 aromatic rings. The highest BCUT2D eigenvalue weighted by atomic mass is 79.9. The van der Waals surface area contributed by atoms with E-state index in [0.29, 0.717) is 42.1 Å². The van der Waals surface area contributed by atoms with Crippen LogP contribution in [0.2, 0.25) is 18.1 Å². The molecule has 2 rings (SSSR count). The number of hydrogen-bond donors (Lipinski definition) is 1. The third-order valence-electron chi connectivity index (χ3n) is 6.18. The van der Waals surface area contributed by atoms with Crippen LogP contribution in [-0.2, 0) is 22.3 Å². The molecule has 0 saturated heterocycles. The minimum Gasteiger partial charge on any atom is -0.497 e. The van der Waals surface area contributed by atoms with Gasteiger partial charge in [0.2, 0.25) is 0 Å². The molecular formula is C26H38BrNO6Si. The summed E-state index contributed by atoms with van der Waals surface area (Å²) in [6.07, 6.45) is 0. The second-order valence-electron chi connectivity index (χ2n) is 9.74. The molecule has 2 aromatic carbocycles. The van der Waals surface area contributed by atoms with Gasteiger partial charge in [-0.2, -0.15) is 0 Å². The van der Waals surface area contributed by atoms with Gasteiger partial charge in [-0.1, -0.05) is 20.8 Å². The molecule has 0 radical (unpaired) electrons. The average molecular weight is 569 g/mol. The Hall–Kier alpha value is -2.07. The van der Waals surface area contributed by atoms with E-state index in [2.05, 4.69) is 55.1 Å². The molecule has 0 atom stereocenters. The highest BCUT2D eigenvalue weighted by molar-refractivity contribution is 9.10. The topological polar surface area (TPSA) is 75.3 Å². The summed E-state index contributed by atoms with van der Waals surface area (Å²) in [6, 6.07) is 9.46. The van der Waals surface area contributed by atoms with Gasteiger partial charge in [-0.3, -0.25) is 0 Å². The van der Waals surface area contributed by atoms with Crippen LogP contribution in [0.15, 0.2) is 34.8 Å². The predicted octanol–water partition coefficient (Wildman–Crippen LogP) is 5.94. The second-order valence-corrected chi connectivity index (χ2v) is 15.4. The maximum Gasteiger partial charge on any atom is 0.341 e. The Bertz CT molecular complexity index is 984. The molecule has 0 unspecified atom stereocenters. The van der Waals surface area contributed by atoms with Gasteiger partial charge in [-0.05, 0) is 69.5 Å². The number of nitrogens with one attached hydrogen (secondary N) is 1. The number of carbonyl (C=O) groups is 1. The van der Waals surface area contributed by atoms with E-state index in [1.54, 1.807) is 20.3 Å². The van der Waals surface area contributed by atoms with E-state index in [1.165, 1.54) is 7.11 Å². The lowest BCUT2D eigenvalue weighted by molar-refractivity contribution is 0.0595. The molecule has 0 aliphatic carbocycles. The Morgan fingerprint density at radius 2 is 1.60 bits per heavy atom. The smallest absolute Gasteiger partial charge is 0.341 e. The molecule has 0 fully saturated rings. The molecule has 9 heteroatoms. The highest BCUT2D eigenvalue weighted by Gasteiger charge is 2.37. The van der Waals surface area contributed by atoms with Crippen molar-refractivity contribution in [2.24, 2.45) is 0 Å². The van der Waals surface area contributed by atoms with Crippen molar-refractivity contribution in [3.8, 4) is 17.2 Å². The van der Waals surface area contributed by atoms with Crippen LogP contribution in [0, 0.1) is 0 Å². The Labute approximate surface area is 218 Å². The van der Waals surface area contributed by atoms with E-state index in [-0.39, 0.29) is 5.04 Å². The van der Waals surface area contributed by atoms with Gasteiger partial charge < -0.3 is 28.7 Å². The molecular weight excluding hydrogens is 530 g/mol. The van der Waals surface area contributed by atoms with Crippen molar-refractivity contribution in [3.63, 3.8) is 0 Å². The number of esters is 1. The van der Waals surface area contributed by atoms with Crippen LogP contribution in [0.4, 0.5) is 0 Å². The predicted molar refractivity (Wildman–Crippen MR) is 144 cm³/mol. The Morgan fingerprint density at radius 1 is 0.971 bits per heavy atom. The van der Waals surface area contributed by atoms with Crippen LogP contribution in [0.5, 0.6) is 17.2 Å². The fraction of sp³-hybridized carbons (Fsp3) is 0.500. The molecule has 194 valence electrons. The van der Waals surface area contributed by atoms with Gasteiger partial charge in [0.25, 0.3) is 0 Å². The van der Waals surface area contributed by atoms with Gasteiger partial charge in [0.05, 0.1) is 32.4 Å². The van der Waals surface area contributed by atoms with Crippen molar-refractivity contribution in [2.75, 3.05) is 34.5 Å². The first-order chi connectivity index (χ1) is 16.4. The van der Waals surface area contributed by atoms with Crippen LogP contribution in [0.3, 0.4) is 0 Å². The third kappa shape index (κ3) is 8.23. The van der Waals surface area contributed by atoms with Crippen LogP contribution >= 0.6 is 15.9 Å². The summed E-state index contributed by atoms with van der Waals surface area (Å²) < 4.78 is 28.6. The molecule has 0 bridgehead atoms. The number of hydrogen-bond acceptors (Lipinski definition) is 7. The quantitative estimate of drug-likeness (QED) is 0.193. The minimum atomic E-state index is -1.93. The van der Waals surface area contributed by atoms with Gasteiger partial charge in [0.15, 0.2) is 8.32 Å². The summed E-state index contributed by atoms with van der Waals surface area (Å²) in [5.41, 5.74) is 2.29. The standard InChI is InChI=1S/C26H38BrNO6Si/c1-26(2,3)35(7,8)34-17-19-13-22(25(29)32-6)24(23(27)14-19)33-10-9-28-16-18-11-20(30-4)15-21(12-18)31-5/h11-15,28H,9-10,16-17H2,1-8H3. The van der Waals surface area contributed by atoms with Crippen molar-refractivity contribution in [2.45, 2.75) is 52.1 Å². The fourth-order valence-corrected chi connectivity index (χ4v) is 4.63. The maximum atomic E-state index is 12.5. The Morgan fingerprint density at radius 3 is 2.14 bits per heavy atom. The molecule has 1 N–H and O–H groups in total. The SMILES string of the molecule is COC(=O)c1cc(CO[Si](C)(C)C(C)(C)C)cc(Br)c1OCCNCc1cc(OC)cc(OC)c1. The van der Waals surface area contributed by atoms with Crippen LogP contribution < -0.4 is 19.5 Å². The van der Waals surface area contributed by atoms with Crippen LogP contribution in [-0.4, -0.2) is 48.8 Å². The Balaban J connectivity index is 2.04. The van der Waals surface area contributed by atoms with Crippen molar-refractivity contribution < 1.29 is 28.2 Å². The fourth-order valence-electron chi connectivity index (χ4n) is 3.05. The zero-order valence-electron chi connectivity index (χ0n) is 22.0. The van der Waals surface area contributed by atoms with Crippen molar-refractivity contribution in [1.29, 1.82) is 0 Å². The summed E-state index contributed by atoms with van der Waals surface area (Å²) in [5, 5.41) is 3.43. The molecule has 35 heavy (non-hydrogen) atoms. The van der Waals surface area contributed by atoms with Gasteiger partial charge in [-0.15, -0.1) is 0 Å². The monoisotopic (exact) mass is 567 g/mol. The van der Waals surface area contributed by atoms with E-state index in [9.17, 15) is 4.79 Å². The number of methoxy groups -OCH3 is 3. The first-order valence-electron chi connectivity index (χ1n) is 11.5. The number of carbonyl (C=O) groups excluding carboxylic acids is 1. The molecule has 0 heterocycles. The number of halogens is 1. The van der Waals surface area contributed by atoms with Crippen molar-refractivity contribution >= 4 is 30.2 Å². The van der Waals surface area contributed by atoms with Crippen LogP contribution in [0.1, 0.15) is 42.3 Å². The summed E-state index contributed by atoms with van der Waals surface area (Å²) in [4.78, 5) is 12.5.